The minimum atomic E-state index is 0.166. The van der Waals surface area contributed by atoms with Gasteiger partial charge in [0.25, 0.3) is 0 Å². The lowest BCUT2D eigenvalue weighted by atomic mass is 9.79. The summed E-state index contributed by atoms with van der Waals surface area (Å²) < 4.78 is 0. The predicted octanol–water partition coefficient (Wildman–Crippen LogP) is 4.17. The Morgan fingerprint density at radius 2 is 1.87 bits per heavy atom. The molecular weight excluding hydrogens is 184 g/mol. The standard InChI is InChI=1S/C14H22O/c1-5-6-7-14(3,4)12-8-11(2)9-13(15)10-12/h8-10,15H,5-7H2,1-4H3. The number of phenolic OH excluding ortho intramolecular Hbond substituents is 1. The van der Waals surface area contributed by atoms with E-state index in [0.717, 1.165) is 5.56 Å². The zero-order chi connectivity index (χ0) is 11.5. The third-order valence-corrected chi connectivity index (χ3v) is 3.00. The second-order valence-electron chi connectivity index (χ2n) is 5.04. The highest BCUT2D eigenvalue weighted by atomic mass is 16.3. The first-order chi connectivity index (χ1) is 6.95. The van der Waals surface area contributed by atoms with E-state index in [0.29, 0.717) is 5.75 Å². The quantitative estimate of drug-likeness (QED) is 0.784. The van der Waals surface area contributed by atoms with E-state index in [-0.39, 0.29) is 5.41 Å². The van der Waals surface area contributed by atoms with E-state index < -0.39 is 0 Å². The second-order valence-corrected chi connectivity index (χ2v) is 5.04. The van der Waals surface area contributed by atoms with Gasteiger partial charge < -0.3 is 5.11 Å². The molecule has 0 spiro atoms. The van der Waals surface area contributed by atoms with Crippen LogP contribution in [0.1, 0.15) is 51.2 Å². The summed E-state index contributed by atoms with van der Waals surface area (Å²) in [6.45, 7) is 8.73. The van der Waals surface area contributed by atoms with Crippen molar-refractivity contribution in [2.45, 2.75) is 52.4 Å². The van der Waals surface area contributed by atoms with Gasteiger partial charge in [-0.3, -0.25) is 0 Å². The maximum Gasteiger partial charge on any atom is 0.116 e. The normalized spacial score (nSPS) is 11.7. The molecule has 1 aromatic carbocycles. The van der Waals surface area contributed by atoms with Gasteiger partial charge in [-0.2, -0.15) is 0 Å². The molecule has 1 nitrogen and oxygen atoms in total. The molecule has 0 radical (unpaired) electrons. The number of hydrogen-bond donors (Lipinski definition) is 1. The van der Waals surface area contributed by atoms with Gasteiger partial charge in [-0.1, -0.05) is 39.7 Å². The van der Waals surface area contributed by atoms with Crippen LogP contribution in [0.2, 0.25) is 0 Å². The fraction of sp³-hybridized carbons (Fsp3) is 0.571. The molecule has 0 aromatic heterocycles. The molecule has 0 saturated heterocycles. The largest absolute Gasteiger partial charge is 0.508 e. The molecule has 0 atom stereocenters. The van der Waals surface area contributed by atoms with Gasteiger partial charge in [0.2, 0.25) is 0 Å². The molecule has 84 valence electrons. The summed E-state index contributed by atoms with van der Waals surface area (Å²) in [4.78, 5) is 0. The maximum atomic E-state index is 9.58. The summed E-state index contributed by atoms with van der Waals surface area (Å²) in [5.41, 5.74) is 2.54. The summed E-state index contributed by atoms with van der Waals surface area (Å²) in [5.74, 6) is 0.384. The SMILES string of the molecule is CCCCC(C)(C)c1cc(C)cc(O)c1. The molecule has 0 aliphatic carbocycles. The Balaban J connectivity index is 2.93. The number of unbranched alkanes of at least 4 members (excludes halogenated alkanes) is 1. The molecule has 15 heavy (non-hydrogen) atoms. The third kappa shape index (κ3) is 3.26. The summed E-state index contributed by atoms with van der Waals surface area (Å²) in [6, 6.07) is 5.87. The van der Waals surface area contributed by atoms with Gasteiger partial charge in [-0.25, -0.2) is 0 Å². The molecule has 1 heteroatoms. The van der Waals surface area contributed by atoms with Crippen LogP contribution in [0, 0.1) is 6.92 Å². The molecule has 0 bridgehead atoms. The van der Waals surface area contributed by atoms with Gasteiger partial charge in [-0.05, 0) is 42.0 Å². The van der Waals surface area contributed by atoms with Crippen LogP contribution < -0.4 is 0 Å². The zero-order valence-corrected chi connectivity index (χ0v) is 10.3. The first kappa shape index (κ1) is 12.1. The van der Waals surface area contributed by atoms with Crippen molar-refractivity contribution in [1.29, 1.82) is 0 Å². The first-order valence-electron chi connectivity index (χ1n) is 5.77. The van der Waals surface area contributed by atoms with Crippen LogP contribution in [0.4, 0.5) is 0 Å². The lowest BCUT2D eigenvalue weighted by Gasteiger charge is -2.25. The van der Waals surface area contributed by atoms with Crippen molar-refractivity contribution >= 4 is 0 Å². The molecule has 0 saturated carbocycles. The van der Waals surface area contributed by atoms with Crippen LogP contribution in [-0.2, 0) is 5.41 Å². The fourth-order valence-corrected chi connectivity index (χ4v) is 1.92. The average molecular weight is 206 g/mol. The Morgan fingerprint density at radius 3 is 2.40 bits per heavy atom. The minimum absolute atomic E-state index is 0.166. The highest BCUT2D eigenvalue weighted by molar-refractivity contribution is 5.36. The number of rotatable bonds is 4. The molecule has 0 amide bonds. The zero-order valence-electron chi connectivity index (χ0n) is 10.3. The van der Waals surface area contributed by atoms with Gasteiger partial charge in [-0.15, -0.1) is 0 Å². The van der Waals surface area contributed by atoms with E-state index in [2.05, 4.69) is 26.8 Å². The van der Waals surface area contributed by atoms with Crippen LogP contribution in [-0.4, -0.2) is 5.11 Å². The van der Waals surface area contributed by atoms with E-state index >= 15 is 0 Å². The van der Waals surface area contributed by atoms with Crippen LogP contribution in [0.5, 0.6) is 5.75 Å². The number of benzene rings is 1. The van der Waals surface area contributed by atoms with Crippen LogP contribution in [0.15, 0.2) is 18.2 Å². The summed E-state index contributed by atoms with van der Waals surface area (Å²) in [7, 11) is 0. The number of aromatic hydroxyl groups is 1. The summed E-state index contributed by atoms with van der Waals surface area (Å²) in [6.07, 6.45) is 3.63. The Morgan fingerprint density at radius 1 is 1.20 bits per heavy atom. The van der Waals surface area contributed by atoms with Gasteiger partial charge in [0.05, 0.1) is 0 Å². The molecule has 0 aliphatic heterocycles. The smallest absolute Gasteiger partial charge is 0.116 e. The van der Waals surface area contributed by atoms with E-state index in [1.807, 2.05) is 13.0 Å². The highest BCUT2D eigenvalue weighted by Gasteiger charge is 2.20. The van der Waals surface area contributed by atoms with Crippen molar-refractivity contribution in [3.63, 3.8) is 0 Å². The van der Waals surface area contributed by atoms with Crippen molar-refractivity contribution in [3.8, 4) is 5.75 Å². The molecule has 0 unspecified atom stereocenters. The van der Waals surface area contributed by atoms with E-state index in [9.17, 15) is 5.11 Å². The third-order valence-electron chi connectivity index (χ3n) is 3.00. The summed E-state index contributed by atoms with van der Waals surface area (Å²) in [5, 5.41) is 9.58. The van der Waals surface area contributed by atoms with Crippen molar-refractivity contribution in [1.82, 2.24) is 0 Å². The summed E-state index contributed by atoms with van der Waals surface area (Å²) >= 11 is 0. The van der Waals surface area contributed by atoms with Gasteiger partial charge in [0.15, 0.2) is 0 Å². The van der Waals surface area contributed by atoms with Crippen molar-refractivity contribution in [3.05, 3.63) is 29.3 Å². The Kier molecular flexibility index (Phi) is 3.78. The maximum absolute atomic E-state index is 9.58. The van der Waals surface area contributed by atoms with Gasteiger partial charge in [0.1, 0.15) is 5.75 Å². The molecule has 0 fully saturated rings. The number of hydrogen-bond acceptors (Lipinski definition) is 1. The first-order valence-corrected chi connectivity index (χ1v) is 5.77. The van der Waals surface area contributed by atoms with E-state index in [4.69, 9.17) is 0 Å². The Bertz CT molecular complexity index is 306. The lowest BCUT2D eigenvalue weighted by Crippen LogP contribution is -2.16. The van der Waals surface area contributed by atoms with Gasteiger partial charge in [0, 0.05) is 0 Å². The highest BCUT2D eigenvalue weighted by Crippen LogP contribution is 2.31. The van der Waals surface area contributed by atoms with E-state index in [1.165, 1.54) is 24.8 Å². The number of aryl methyl sites for hydroxylation is 1. The molecule has 0 aliphatic rings. The van der Waals surface area contributed by atoms with Gasteiger partial charge >= 0.3 is 0 Å². The van der Waals surface area contributed by atoms with Crippen LogP contribution >= 0.6 is 0 Å². The Labute approximate surface area is 93.1 Å². The topological polar surface area (TPSA) is 20.2 Å². The second kappa shape index (κ2) is 4.69. The predicted molar refractivity (Wildman–Crippen MR) is 65.4 cm³/mol. The van der Waals surface area contributed by atoms with Crippen molar-refractivity contribution < 1.29 is 5.11 Å². The fourth-order valence-electron chi connectivity index (χ4n) is 1.92. The van der Waals surface area contributed by atoms with Crippen molar-refractivity contribution in [2.24, 2.45) is 0 Å². The molecule has 1 rings (SSSR count). The molecular formula is C14H22O. The average Bonchev–Trinajstić information content (AvgIpc) is 2.13. The van der Waals surface area contributed by atoms with Crippen LogP contribution in [0.25, 0.3) is 0 Å². The lowest BCUT2D eigenvalue weighted by molar-refractivity contribution is 0.445. The molecule has 1 N–H and O–H groups in total. The van der Waals surface area contributed by atoms with Crippen LogP contribution in [0.3, 0.4) is 0 Å². The molecule has 0 heterocycles. The number of phenols is 1. The molecule has 1 aromatic rings. The monoisotopic (exact) mass is 206 g/mol. The van der Waals surface area contributed by atoms with Crippen molar-refractivity contribution in [2.75, 3.05) is 0 Å². The van der Waals surface area contributed by atoms with E-state index in [1.54, 1.807) is 6.07 Å². The minimum Gasteiger partial charge on any atom is -0.508 e. The Hall–Kier alpha value is -0.980.